The van der Waals surface area contributed by atoms with Crippen LogP contribution in [0.3, 0.4) is 0 Å². The van der Waals surface area contributed by atoms with Gasteiger partial charge < -0.3 is 9.84 Å². The zero-order valence-corrected chi connectivity index (χ0v) is 11.6. The van der Waals surface area contributed by atoms with Crippen LogP contribution in [-0.2, 0) is 12.6 Å². The van der Waals surface area contributed by atoms with Crippen LogP contribution in [-0.4, -0.2) is 27.7 Å². The summed E-state index contributed by atoms with van der Waals surface area (Å²) < 4.78 is 43.6. The number of hydrogen-bond donors (Lipinski definition) is 1. The molecule has 0 saturated heterocycles. The number of alkyl halides is 3. The Morgan fingerprint density at radius 3 is 2.76 bits per heavy atom. The summed E-state index contributed by atoms with van der Waals surface area (Å²) in [5, 5.41) is 6.86. The molecule has 114 valence electrons. The van der Waals surface area contributed by atoms with Crippen LogP contribution < -0.4 is 5.32 Å². The number of nitrogens with one attached hydrogen (secondary N) is 1. The molecular formula is C13H15F3N4O. The zero-order chi connectivity index (χ0) is 15.5. The molecule has 5 nitrogen and oxygen atoms in total. The van der Waals surface area contributed by atoms with Gasteiger partial charge in [-0.05, 0) is 6.07 Å². The smallest absolute Gasteiger partial charge is 0.334 e. The van der Waals surface area contributed by atoms with Crippen molar-refractivity contribution in [3.05, 3.63) is 29.8 Å². The van der Waals surface area contributed by atoms with Gasteiger partial charge in [-0.3, -0.25) is 4.98 Å². The third kappa shape index (κ3) is 4.01. The largest absolute Gasteiger partial charge is 0.417 e. The quantitative estimate of drug-likeness (QED) is 0.919. The lowest BCUT2D eigenvalue weighted by Crippen LogP contribution is -2.25. The average Bonchev–Trinajstić information content (AvgIpc) is 2.86. The summed E-state index contributed by atoms with van der Waals surface area (Å²) in [6.07, 6.45) is -1.86. The minimum Gasteiger partial charge on any atom is -0.334 e. The second kappa shape index (κ2) is 6.21. The number of pyridine rings is 1. The van der Waals surface area contributed by atoms with E-state index in [1.165, 1.54) is 0 Å². The molecule has 8 heteroatoms. The van der Waals surface area contributed by atoms with E-state index >= 15 is 0 Å². The Hall–Kier alpha value is -1.96. The Balaban J connectivity index is 2.18. The van der Waals surface area contributed by atoms with Crippen molar-refractivity contribution in [3.8, 4) is 11.5 Å². The average molecular weight is 300 g/mol. The van der Waals surface area contributed by atoms with Crippen LogP contribution in [0.2, 0.25) is 0 Å². The minimum atomic E-state index is -4.49. The van der Waals surface area contributed by atoms with Gasteiger partial charge in [0.15, 0.2) is 5.82 Å². The van der Waals surface area contributed by atoms with Gasteiger partial charge in [0.25, 0.3) is 5.89 Å². The third-order valence-electron chi connectivity index (χ3n) is 2.73. The van der Waals surface area contributed by atoms with Gasteiger partial charge >= 0.3 is 6.18 Å². The highest BCUT2D eigenvalue weighted by Gasteiger charge is 2.35. The number of nitrogens with zero attached hydrogens (tertiary/aromatic N) is 3. The first-order chi connectivity index (χ1) is 9.88. The van der Waals surface area contributed by atoms with Crippen LogP contribution in [0.25, 0.3) is 11.5 Å². The van der Waals surface area contributed by atoms with Crippen LogP contribution in [0.1, 0.15) is 25.2 Å². The topological polar surface area (TPSA) is 63.8 Å². The lowest BCUT2D eigenvalue weighted by molar-refractivity contribution is -0.137. The molecule has 0 atom stereocenters. The van der Waals surface area contributed by atoms with Crippen molar-refractivity contribution >= 4 is 0 Å². The first kappa shape index (κ1) is 15.4. The minimum absolute atomic E-state index is 0.171. The Labute approximate surface area is 119 Å². The van der Waals surface area contributed by atoms with Gasteiger partial charge in [0.1, 0.15) is 0 Å². The first-order valence-corrected chi connectivity index (χ1v) is 6.45. The Kier molecular flexibility index (Phi) is 4.56. The van der Waals surface area contributed by atoms with E-state index in [2.05, 4.69) is 20.4 Å². The molecule has 0 bridgehead atoms. The second-order valence-corrected chi connectivity index (χ2v) is 4.79. The van der Waals surface area contributed by atoms with E-state index in [9.17, 15) is 13.2 Å². The van der Waals surface area contributed by atoms with Crippen molar-refractivity contribution in [3.63, 3.8) is 0 Å². The molecule has 2 aromatic heterocycles. The number of hydrogen-bond acceptors (Lipinski definition) is 5. The van der Waals surface area contributed by atoms with Crippen LogP contribution in [0.4, 0.5) is 13.2 Å². The second-order valence-electron chi connectivity index (χ2n) is 4.79. The summed E-state index contributed by atoms with van der Waals surface area (Å²) in [4.78, 5) is 7.68. The van der Waals surface area contributed by atoms with Gasteiger partial charge in [0.05, 0.1) is 11.1 Å². The molecule has 0 unspecified atom stereocenters. The number of aromatic nitrogens is 3. The molecule has 0 fully saturated rings. The maximum Gasteiger partial charge on any atom is 0.417 e. The lowest BCUT2D eigenvalue weighted by atomic mass is 10.1. The highest BCUT2D eigenvalue weighted by molar-refractivity contribution is 5.57. The number of halogens is 3. The first-order valence-electron chi connectivity index (χ1n) is 6.45. The normalized spacial score (nSPS) is 12.1. The highest BCUT2D eigenvalue weighted by atomic mass is 19.4. The van der Waals surface area contributed by atoms with Crippen molar-refractivity contribution in [1.82, 2.24) is 20.4 Å². The van der Waals surface area contributed by atoms with Crippen molar-refractivity contribution < 1.29 is 17.7 Å². The highest BCUT2D eigenvalue weighted by Crippen LogP contribution is 2.35. The lowest BCUT2D eigenvalue weighted by Gasteiger charge is -2.08. The SMILES string of the molecule is CC(C)NCCc1noc(-c2cnccc2C(F)(F)F)n1. The Morgan fingerprint density at radius 1 is 1.33 bits per heavy atom. The van der Waals surface area contributed by atoms with Crippen molar-refractivity contribution in [2.45, 2.75) is 32.5 Å². The van der Waals surface area contributed by atoms with Gasteiger partial charge in [0.2, 0.25) is 0 Å². The van der Waals surface area contributed by atoms with Crippen molar-refractivity contribution in [1.29, 1.82) is 0 Å². The molecule has 0 aliphatic heterocycles. The predicted molar refractivity (Wildman–Crippen MR) is 69.4 cm³/mol. The summed E-state index contributed by atoms with van der Waals surface area (Å²) in [6, 6.07) is 1.20. The standard InChI is InChI=1S/C13H15F3N4O/c1-8(2)18-6-4-11-19-12(21-20-11)9-7-17-5-3-10(9)13(14,15)16/h3,5,7-8,18H,4,6H2,1-2H3. The monoisotopic (exact) mass is 300 g/mol. The van der Waals surface area contributed by atoms with Crippen molar-refractivity contribution in [2.75, 3.05) is 6.54 Å². The van der Waals surface area contributed by atoms with Gasteiger partial charge in [0, 0.05) is 31.4 Å². The van der Waals surface area contributed by atoms with E-state index in [0.29, 0.717) is 24.8 Å². The summed E-state index contributed by atoms with van der Waals surface area (Å²) in [5.74, 6) is 0.185. The van der Waals surface area contributed by atoms with E-state index in [0.717, 1.165) is 18.5 Å². The molecular weight excluding hydrogens is 285 g/mol. The Morgan fingerprint density at radius 2 is 2.10 bits per heavy atom. The summed E-state index contributed by atoms with van der Waals surface area (Å²) >= 11 is 0. The van der Waals surface area contributed by atoms with E-state index in [-0.39, 0.29) is 11.5 Å². The molecule has 0 spiro atoms. The molecule has 0 radical (unpaired) electrons. The van der Waals surface area contributed by atoms with E-state index in [4.69, 9.17) is 4.52 Å². The summed E-state index contributed by atoms with van der Waals surface area (Å²) in [5.41, 5.74) is -1.05. The molecule has 2 heterocycles. The van der Waals surface area contributed by atoms with Crippen LogP contribution in [0.5, 0.6) is 0 Å². The fourth-order valence-electron chi connectivity index (χ4n) is 1.75. The van der Waals surface area contributed by atoms with Crippen LogP contribution in [0.15, 0.2) is 23.0 Å². The molecule has 0 amide bonds. The summed E-state index contributed by atoms with van der Waals surface area (Å²) in [6.45, 7) is 4.61. The maximum atomic E-state index is 12.9. The molecule has 1 N–H and O–H groups in total. The molecule has 0 aliphatic carbocycles. The molecule has 0 aliphatic rings. The molecule has 21 heavy (non-hydrogen) atoms. The molecule has 0 aromatic carbocycles. The van der Waals surface area contributed by atoms with Gasteiger partial charge in [-0.15, -0.1) is 0 Å². The van der Waals surface area contributed by atoms with E-state index < -0.39 is 11.7 Å². The molecule has 0 saturated carbocycles. The van der Waals surface area contributed by atoms with Crippen LogP contribution in [0, 0.1) is 0 Å². The molecule has 2 aromatic rings. The van der Waals surface area contributed by atoms with Crippen molar-refractivity contribution in [2.24, 2.45) is 0 Å². The summed E-state index contributed by atoms with van der Waals surface area (Å²) in [7, 11) is 0. The van der Waals surface area contributed by atoms with Gasteiger partial charge in [-0.1, -0.05) is 19.0 Å². The third-order valence-corrected chi connectivity index (χ3v) is 2.73. The fraction of sp³-hybridized carbons (Fsp3) is 0.462. The molecule has 2 rings (SSSR count). The van der Waals surface area contributed by atoms with Crippen LogP contribution >= 0.6 is 0 Å². The fourth-order valence-corrected chi connectivity index (χ4v) is 1.75. The zero-order valence-electron chi connectivity index (χ0n) is 11.6. The van der Waals surface area contributed by atoms with E-state index in [1.54, 1.807) is 0 Å². The number of rotatable bonds is 5. The predicted octanol–water partition coefficient (Wildman–Crippen LogP) is 2.69. The van der Waals surface area contributed by atoms with Gasteiger partial charge in [-0.2, -0.15) is 18.2 Å². The van der Waals surface area contributed by atoms with Gasteiger partial charge in [-0.25, -0.2) is 0 Å². The maximum absolute atomic E-state index is 12.9. The Bertz CT molecular complexity index is 595. The van der Waals surface area contributed by atoms with E-state index in [1.807, 2.05) is 13.8 Å².